The van der Waals surface area contributed by atoms with E-state index in [4.69, 9.17) is 11.8 Å². The highest BCUT2D eigenvalue weighted by Gasteiger charge is 2.27. The van der Waals surface area contributed by atoms with Crippen molar-refractivity contribution in [2.24, 2.45) is 0 Å². The van der Waals surface area contributed by atoms with Crippen molar-refractivity contribution in [3.05, 3.63) is 11.1 Å². The van der Waals surface area contributed by atoms with Gasteiger partial charge in [0.25, 0.3) is 0 Å². The number of allylic oxidation sites excluding steroid dienone is 2. The third kappa shape index (κ3) is 1.74. The second-order valence-corrected chi connectivity index (χ2v) is 8.73. The molecule has 1 heterocycles. The van der Waals surface area contributed by atoms with Gasteiger partial charge in [-0.25, -0.2) is 0 Å². The number of nitrogens with zero attached hydrogens (tertiary/aromatic N) is 1. The minimum absolute atomic E-state index is 1.16. The van der Waals surface area contributed by atoms with Crippen molar-refractivity contribution < 1.29 is 0 Å². The summed E-state index contributed by atoms with van der Waals surface area (Å²) in [5.41, 5.74) is 3.06. The lowest BCUT2D eigenvalue weighted by Crippen LogP contribution is -2.10. The summed E-state index contributed by atoms with van der Waals surface area (Å²) in [6.07, 6.45) is 1.17. The Bertz CT molecular complexity index is 224. The summed E-state index contributed by atoms with van der Waals surface area (Å²) in [5.74, 6) is 0. The molecule has 0 N–H and O–H groups in total. The van der Waals surface area contributed by atoms with E-state index in [1.165, 1.54) is 23.5 Å². The highest BCUT2D eigenvalue weighted by atomic mass is 32.4. The summed E-state index contributed by atoms with van der Waals surface area (Å²) in [6.45, 7) is 4.43. The zero-order valence-electron chi connectivity index (χ0n) is 7.72. The molecule has 1 nitrogen and oxygen atoms in total. The van der Waals surface area contributed by atoms with Crippen LogP contribution < -0.4 is 0 Å². The van der Waals surface area contributed by atoms with Crippen molar-refractivity contribution in [2.75, 3.05) is 26.4 Å². The Balaban J connectivity index is 2.81. The van der Waals surface area contributed by atoms with Crippen molar-refractivity contribution in [1.82, 2.24) is 4.67 Å². The molecule has 0 atom stereocenters. The van der Waals surface area contributed by atoms with E-state index in [1.807, 2.05) is 0 Å². The van der Waals surface area contributed by atoms with Gasteiger partial charge >= 0.3 is 0 Å². The van der Waals surface area contributed by atoms with Crippen LogP contribution in [0.15, 0.2) is 11.1 Å². The molecule has 0 aromatic heterocycles. The van der Waals surface area contributed by atoms with Gasteiger partial charge in [0.15, 0.2) is 0 Å². The molecule has 1 aliphatic heterocycles. The molecule has 0 aromatic carbocycles. The minimum Gasteiger partial charge on any atom is -0.281 e. The summed E-state index contributed by atoms with van der Waals surface area (Å²) >= 11 is 5.64. The van der Waals surface area contributed by atoms with Crippen molar-refractivity contribution in [3.63, 3.8) is 0 Å². The Kier molecular flexibility index (Phi) is 2.58. The van der Waals surface area contributed by atoms with Gasteiger partial charge < -0.3 is 0 Å². The van der Waals surface area contributed by atoms with Gasteiger partial charge in [-0.15, -0.1) is 0 Å². The Morgan fingerprint density at radius 2 is 1.55 bits per heavy atom. The second kappa shape index (κ2) is 3.01. The lowest BCUT2D eigenvalue weighted by atomic mass is 10.2. The number of hydrogen-bond acceptors (Lipinski definition) is 1. The van der Waals surface area contributed by atoms with E-state index >= 15 is 0 Å². The maximum absolute atomic E-state index is 5.64. The van der Waals surface area contributed by atoms with Gasteiger partial charge in [-0.1, -0.05) is 23.0 Å². The molecule has 0 fully saturated rings. The first-order valence-corrected chi connectivity index (χ1v) is 6.99. The van der Waals surface area contributed by atoms with Gasteiger partial charge in [0, 0.05) is 18.5 Å². The van der Waals surface area contributed by atoms with E-state index in [1.54, 1.807) is 0 Å². The highest BCUT2D eigenvalue weighted by Crippen LogP contribution is 2.55. The van der Waals surface area contributed by atoms with E-state index in [2.05, 4.69) is 32.6 Å². The van der Waals surface area contributed by atoms with E-state index in [9.17, 15) is 0 Å². The summed E-state index contributed by atoms with van der Waals surface area (Å²) in [5, 5.41) is 0. The fourth-order valence-corrected chi connectivity index (χ4v) is 5.21. The molecule has 3 heteroatoms. The predicted molar refractivity (Wildman–Crippen MR) is 56.1 cm³/mol. The first-order valence-electron chi connectivity index (χ1n) is 3.87. The van der Waals surface area contributed by atoms with E-state index in [0.717, 1.165) is 0 Å². The van der Waals surface area contributed by atoms with Crippen LogP contribution in [0.2, 0.25) is 0 Å². The van der Waals surface area contributed by atoms with Gasteiger partial charge in [-0.3, -0.25) is 4.67 Å². The maximum Gasteiger partial charge on any atom is 0.0223 e. The average molecular weight is 189 g/mol. The first-order chi connectivity index (χ1) is 4.96. The minimum atomic E-state index is -1.16. The molecule has 0 radical (unpaired) electrons. The molecular weight excluding hydrogens is 173 g/mol. The van der Waals surface area contributed by atoms with Crippen LogP contribution in [0.25, 0.3) is 0 Å². The lowest BCUT2D eigenvalue weighted by Gasteiger charge is -2.24. The predicted octanol–water partition coefficient (Wildman–Crippen LogP) is 2.29. The molecule has 0 saturated carbocycles. The Hall–Kier alpha value is 0.350. The summed E-state index contributed by atoms with van der Waals surface area (Å²) in [4.78, 5) is 0. The van der Waals surface area contributed by atoms with E-state index < -0.39 is 6.19 Å². The van der Waals surface area contributed by atoms with Crippen LogP contribution in [0, 0.1) is 0 Å². The van der Waals surface area contributed by atoms with E-state index in [-0.39, 0.29) is 0 Å². The Morgan fingerprint density at radius 1 is 1.18 bits per heavy atom. The van der Waals surface area contributed by atoms with Crippen LogP contribution in [0.4, 0.5) is 0 Å². The number of hydrogen-bond donors (Lipinski definition) is 0. The van der Waals surface area contributed by atoms with Gasteiger partial charge in [0.1, 0.15) is 0 Å². The first kappa shape index (κ1) is 9.44. The van der Waals surface area contributed by atoms with Crippen molar-refractivity contribution in [2.45, 2.75) is 13.8 Å². The van der Waals surface area contributed by atoms with Gasteiger partial charge in [-0.05, 0) is 27.9 Å². The molecule has 1 rings (SSSR count). The smallest absolute Gasteiger partial charge is 0.0223 e. The van der Waals surface area contributed by atoms with Crippen LogP contribution in [-0.2, 0) is 11.8 Å². The third-order valence-corrected chi connectivity index (χ3v) is 7.58. The van der Waals surface area contributed by atoms with E-state index in [0.29, 0.717) is 0 Å². The molecule has 0 saturated heterocycles. The molecule has 0 aromatic rings. The molecule has 0 unspecified atom stereocenters. The largest absolute Gasteiger partial charge is 0.281 e. The SMILES string of the molecule is CC1=C(C)CP(=S)(N(C)C)C1. The Morgan fingerprint density at radius 3 is 1.73 bits per heavy atom. The maximum atomic E-state index is 5.64. The molecule has 1 aliphatic rings. The van der Waals surface area contributed by atoms with Crippen LogP contribution in [-0.4, -0.2) is 31.1 Å². The lowest BCUT2D eigenvalue weighted by molar-refractivity contribution is 0.677. The van der Waals surface area contributed by atoms with Crippen LogP contribution in [0.3, 0.4) is 0 Å². The van der Waals surface area contributed by atoms with Crippen molar-refractivity contribution >= 4 is 18.0 Å². The molecule has 0 spiro atoms. The molecule has 64 valence electrons. The normalized spacial score (nSPS) is 23.4. The Labute approximate surface area is 74.5 Å². The van der Waals surface area contributed by atoms with Crippen molar-refractivity contribution in [3.8, 4) is 0 Å². The molecule has 11 heavy (non-hydrogen) atoms. The van der Waals surface area contributed by atoms with Gasteiger partial charge in [0.05, 0.1) is 0 Å². The third-order valence-electron chi connectivity index (χ3n) is 2.43. The zero-order valence-corrected chi connectivity index (χ0v) is 9.43. The zero-order chi connectivity index (χ0) is 8.65. The van der Waals surface area contributed by atoms with Gasteiger partial charge in [0.2, 0.25) is 0 Å². The topological polar surface area (TPSA) is 3.24 Å². The summed E-state index contributed by atoms with van der Waals surface area (Å²) in [6, 6.07) is 0. The van der Waals surface area contributed by atoms with Gasteiger partial charge in [-0.2, -0.15) is 0 Å². The molecule has 0 amide bonds. The van der Waals surface area contributed by atoms with Crippen LogP contribution in [0.1, 0.15) is 13.8 Å². The molecule has 0 bridgehead atoms. The fourth-order valence-electron chi connectivity index (χ4n) is 1.35. The second-order valence-electron chi connectivity index (χ2n) is 3.57. The highest BCUT2D eigenvalue weighted by molar-refractivity contribution is 8.13. The molecule has 0 aliphatic carbocycles. The standard InChI is InChI=1S/C8H16NPS/c1-7-5-10(11,9(3)4)6-8(7)2/h5-6H2,1-4H3. The number of rotatable bonds is 1. The summed E-state index contributed by atoms with van der Waals surface area (Å²) in [7, 11) is 4.24. The van der Waals surface area contributed by atoms with Crippen LogP contribution in [0.5, 0.6) is 0 Å². The molecular formula is C8H16NPS. The fraction of sp³-hybridized carbons (Fsp3) is 0.750. The quantitative estimate of drug-likeness (QED) is 0.460. The summed E-state index contributed by atoms with van der Waals surface area (Å²) < 4.78 is 2.27. The average Bonchev–Trinajstić information content (AvgIpc) is 2.09. The monoisotopic (exact) mass is 189 g/mol. The van der Waals surface area contributed by atoms with Crippen LogP contribution >= 0.6 is 6.19 Å². The van der Waals surface area contributed by atoms with Crippen molar-refractivity contribution in [1.29, 1.82) is 0 Å².